The molecule has 2 heterocycles. The lowest BCUT2D eigenvalue weighted by molar-refractivity contribution is 0.156. The molecule has 2 aromatic carbocycles. The molecule has 33 heavy (non-hydrogen) atoms. The van der Waals surface area contributed by atoms with E-state index in [2.05, 4.69) is 32.6 Å². The van der Waals surface area contributed by atoms with Gasteiger partial charge in [0.05, 0.1) is 5.69 Å². The molecule has 1 fully saturated rings. The lowest BCUT2D eigenvalue weighted by atomic mass is 9.95. The van der Waals surface area contributed by atoms with E-state index in [0.717, 1.165) is 43.9 Å². The van der Waals surface area contributed by atoms with E-state index in [0.29, 0.717) is 23.7 Å². The highest BCUT2D eigenvalue weighted by molar-refractivity contribution is 5.89. The van der Waals surface area contributed by atoms with Crippen LogP contribution in [-0.2, 0) is 0 Å². The first-order chi connectivity index (χ1) is 16.0. The highest BCUT2D eigenvalue weighted by atomic mass is 19.1. The summed E-state index contributed by atoms with van der Waals surface area (Å²) in [6.07, 6.45) is 0. The van der Waals surface area contributed by atoms with Crippen LogP contribution >= 0.6 is 0 Å². The SMILES string of the molecule is CC(c1ccc(-c2ccccc2)c(F)c1)c1cc(NC(=N)NCCN2CCN(C)CC2)on1. The van der Waals surface area contributed by atoms with Gasteiger partial charge in [0, 0.05) is 56.8 Å². The zero-order valence-electron chi connectivity index (χ0n) is 19.1. The average molecular weight is 451 g/mol. The molecule has 0 spiro atoms. The monoisotopic (exact) mass is 450 g/mol. The molecular formula is C25H31FN6O. The van der Waals surface area contributed by atoms with Crippen LogP contribution in [0.5, 0.6) is 0 Å². The number of rotatable bonds is 7. The predicted octanol–water partition coefficient (Wildman–Crippen LogP) is 3.82. The van der Waals surface area contributed by atoms with Crippen LogP contribution in [0, 0.1) is 11.2 Å². The van der Waals surface area contributed by atoms with E-state index in [1.807, 2.05) is 43.3 Å². The van der Waals surface area contributed by atoms with E-state index < -0.39 is 0 Å². The third-order valence-corrected chi connectivity index (χ3v) is 6.12. The lowest BCUT2D eigenvalue weighted by Crippen LogP contribution is -2.47. The molecule has 7 nitrogen and oxygen atoms in total. The number of likely N-dealkylation sites (N-methyl/N-ethyl adjacent to an activating group) is 1. The Hall–Kier alpha value is -3.23. The molecule has 1 aliphatic heterocycles. The molecule has 0 amide bonds. The number of halogens is 1. The second-order valence-corrected chi connectivity index (χ2v) is 8.51. The van der Waals surface area contributed by atoms with Crippen LogP contribution in [-0.4, -0.2) is 67.2 Å². The number of anilines is 1. The van der Waals surface area contributed by atoms with Crippen LogP contribution in [0.1, 0.15) is 24.1 Å². The van der Waals surface area contributed by atoms with E-state index >= 15 is 0 Å². The second-order valence-electron chi connectivity index (χ2n) is 8.51. The van der Waals surface area contributed by atoms with Gasteiger partial charge >= 0.3 is 0 Å². The molecule has 3 N–H and O–H groups in total. The summed E-state index contributed by atoms with van der Waals surface area (Å²) in [5, 5.41) is 18.2. The molecule has 1 atom stereocenters. The van der Waals surface area contributed by atoms with E-state index in [1.165, 1.54) is 0 Å². The Morgan fingerprint density at radius 1 is 1.12 bits per heavy atom. The van der Waals surface area contributed by atoms with Crippen LogP contribution in [0.4, 0.5) is 10.3 Å². The van der Waals surface area contributed by atoms with E-state index in [9.17, 15) is 4.39 Å². The minimum absolute atomic E-state index is 0.150. The van der Waals surface area contributed by atoms with Crippen molar-refractivity contribution in [2.75, 3.05) is 51.6 Å². The summed E-state index contributed by atoms with van der Waals surface area (Å²) in [5.41, 5.74) is 2.91. The fraction of sp³-hybridized carbons (Fsp3) is 0.360. The summed E-state index contributed by atoms with van der Waals surface area (Å²) in [6.45, 7) is 7.78. The smallest absolute Gasteiger partial charge is 0.231 e. The van der Waals surface area contributed by atoms with Gasteiger partial charge in [-0.15, -0.1) is 0 Å². The Kier molecular flexibility index (Phi) is 7.36. The van der Waals surface area contributed by atoms with Gasteiger partial charge in [-0.1, -0.05) is 54.5 Å². The third-order valence-electron chi connectivity index (χ3n) is 6.12. The molecule has 0 aliphatic carbocycles. The summed E-state index contributed by atoms with van der Waals surface area (Å²) >= 11 is 0. The van der Waals surface area contributed by atoms with Gasteiger partial charge in [0.25, 0.3) is 0 Å². The van der Waals surface area contributed by atoms with Crippen molar-refractivity contribution in [3.05, 3.63) is 71.7 Å². The van der Waals surface area contributed by atoms with Gasteiger partial charge in [0.1, 0.15) is 5.82 Å². The molecule has 1 saturated heterocycles. The molecule has 3 aromatic rings. The molecule has 1 aliphatic rings. The predicted molar refractivity (Wildman–Crippen MR) is 129 cm³/mol. The number of hydrogen-bond acceptors (Lipinski definition) is 5. The molecule has 8 heteroatoms. The fourth-order valence-corrected chi connectivity index (χ4v) is 3.95. The van der Waals surface area contributed by atoms with Gasteiger partial charge in [-0.3, -0.25) is 15.6 Å². The standard InChI is InChI=1S/C25H31FN6O/c1-18(20-8-9-21(22(26)16-20)19-6-4-3-5-7-19)23-17-24(33-30-23)29-25(27)28-10-11-32-14-12-31(2)13-15-32/h3-9,16-18H,10-15H2,1-2H3,(H3,27,28,29). The topological polar surface area (TPSA) is 80.4 Å². The molecule has 0 radical (unpaired) electrons. The van der Waals surface area contributed by atoms with Crippen LogP contribution in [0.2, 0.25) is 0 Å². The van der Waals surface area contributed by atoms with Crippen LogP contribution < -0.4 is 10.6 Å². The number of benzene rings is 2. The number of nitrogens with zero attached hydrogens (tertiary/aromatic N) is 3. The highest BCUT2D eigenvalue weighted by Gasteiger charge is 2.17. The number of aromatic nitrogens is 1. The lowest BCUT2D eigenvalue weighted by Gasteiger charge is -2.32. The van der Waals surface area contributed by atoms with Gasteiger partial charge in [-0.2, -0.15) is 0 Å². The van der Waals surface area contributed by atoms with Gasteiger partial charge in [-0.25, -0.2) is 4.39 Å². The quantitative estimate of drug-likeness (QED) is 0.375. The van der Waals surface area contributed by atoms with Gasteiger partial charge in [0.2, 0.25) is 5.88 Å². The minimum Gasteiger partial charge on any atom is -0.355 e. The van der Waals surface area contributed by atoms with Crippen molar-refractivity contribution >= 4 is 11.8 Å². The van der Waals surface area contributed by atoms with Crippen molar-refractivity contribution in [1.82, 2.24) is 20.3 Å². The molecule has 0 saturated carbocycles. The van der Waals surface area contributed by atoms with Crippen LogP contribution in [0.3, 0.4) is 0 Å². The van der Waals surface area contributed by atoms with Gasteiger partial charge in [-0.05, 0) is 24.2 Å². The summed E-state index contributed by atoms with van der Waals surface area (Å²) in [5.74, 6) is 0.134. The zero-order chi connectivity index (χ0) is 23.2. The van der Waals surface area contributed by atoms with Crippen LogP contribution in [0.15, 0.2) is 59.1 Å². The fourth-order valence-electron chi connectivity index (χ4n) is 3.95. The first-order valence-corrected chi connectivity index (χ1v) is 11.3. The highest BCUT2D eigenvalue weighted by Crippen LogP contribution is 2.29. The summed E-state index contributed by atoms with van der Waals surface area (Å²) in [6, 6.07) is 16.5. The zero-order valence-corrected chi connectivity index (χ0v) is 19.1. The van der Waals surface area contributed by atoms with Crippen LogP contribution in [0.25, 0.3) is 11.1 Å². The average Bonchev–Trinajstić information content (AvgIpc) is 3.28. The summed E-state index contributed by atoms with van der Waals surface area (Å²) in [4.78, 5) is 4.71. The van der Waals surface area contributed by atoms with Gasteiger partial charge < -0.3 is 14.7 Å². The number of nitrogens with one attached hydrogen (secondary N) is 3. The van der Waals surface area contributed by atoms with Gasteiger partial charge in [0.15, 0.2) is 5.96 Å². The Morgan fingerprint density at radius 3 is 2.61 bits per heavy atom. The number of piperazine rings is 1. The van der Waals surface area contributed by atoms with E-state index in [1.54, 1.807) is 18.2 Å². The Labute approximate surface area is 194 Å². The maximum atomic E-state index is 14.8. The first-order valence-electron chi connectivity index (χ1n) is 11.3. The van der Waals surface area contributed by atoms with Crippen molar-refractivity contribution in [2.24, 2.45) is 0 Å². The normalized spacial score (nSPS) is 15.8. The maximum Gasteiger partial charge on any atom is 0.231 e. The Morgan fingerprint density at radius 2 is 1.88 bits per heavy atom. The van der Waals surface area contributed by atoms with Crippen molar-refractivity contribution in [3.8, 4) is 11.1 Å². The molecule has 174 valence electrons. The third kappa shape index (κ3) is 5.97. The Bertz CT molecular complexity index is 1060. The molecule has 1 unspecified atom stereocenters. The molecular weight excluding hydrogens is 419 g/mol. The number of guanidine groups is 1. The van der Waals surface area contributed by atoms with Crippen molar-refractivity contribution in [2.45, 2.75) is 12.8 Å². The van der Waals surface area contributed by atoms with Crippen molar-refractivity contribution in [1.29, 1.82) is 5.41 Å². The maximum absolute atomic E-state index is 14.8. The summed E-state index contributed by atoms with van der Waals surface area (Å²) in [7, 11) is 2.14. The molecule has 1 aromatic heterocycles. The van der Waals surface area contributed by atoms with Crippen molar-refractivity contribution in [3.63, 3.8) is 0 Å². The minimum atomic E-state index is -0.265. The molecule has 0 bridgehead atoms. The largest absolute Gasteiger partial charge is 0.355 e. The van der Waals surface area contributed by atoms with E-state index in [-0.39, 0.29) is 17.7 Å². The Balaban J connectivity index is 1.30. The molecule has 4 rings (SSSR count). The second kappa shape index (κ2) is 10.6. The van der Waals surface area contributed by atoms with Crippen molar-refractivity contribution < 1.29 is 8.91 Å². The first kappa shape index (κ1) is 22.9. The van der Waals surface area contributed by atoms with E-state index in [4.69, 9.17) is 9.93 Å². The number of hydrogen-bond donors (Lipinski definition) is 3. The summed E-state index contributed by atoms with van der Waals surface area (Å²) < 4.78 is 20.1.